The number of nitro groups is 1. The minimum absolute atomic E-state index is 0.0619. The molecule has 0 fully saturated rings. The molecule has 21 heavy (non-hydrogen) atoms. The van der Waals surface area contributed by atoms with Crippen molar-refractivity contribution in [3.8, 4) is 5.75 Å². The molecule has 0 aromatic heterocycles. The van der Waals surface area contributed by atoms with E-state index in [4.69, 9.17) is 9.84 Å². The Kier molecular flexibility index (Phi) is 5.65. The summed E-state index contributed by atoms with van der Waals surface area (Å²) >= 11 is 0. The van der Waals surface area contributed by atoms with E-state index in [2.05, 4.69) is 5.32 Å². The Labute approximate surface area is 120 Å². The summed E-state index contributed by atoms with van der Waals surface area (Å²) in [7, 11) is 1.30. The van der Waals surface area contributed by atoms with E-state index in [1.54, 1.807) is 6.92 Å². The molecule has 0 saturated carbocycles. The number of amides is 1. The van der Waals surface area contributed by atoms with Gasteiger partial charge >= 0.3 is 5.97 Å². The molecule has 1 aromatic carbocycles. The first-order chi connectivity index (χ1) is 9.90. The largest absolute Gasteiger partial charge is 0.496 e. The molecule has 0 aliphatic rings. The monoisotopic (exact) mass is 296 g/mol. The van der Waals surface area contributed by atoms with Crippen LogP contribution in [0.2, 0.25) is 0 Å². The number of carboxylic acid groups (broad SMARTS) is 1. The average molecular weight is 296 g/mol. The fraction of sp³-hybridized carbons (Fsp3) is 0.385. The summed E-state index contributed by atoms with van der Waals surface area (Å²) in [6.45, 7) is 1.71. The van der Waals surface area contributed by atoms with Gasteiger partial charge in [-0.15, -0.1) is 0 Å². The summed E-state index contributed by atoms with van der Waals surface area (Å²) in [5, 5.41) is 22.2. The molecular formula is C13H16N2O6. The van der Waals surface area contributed by atoms with Gasteiger partial charge in [0.15, 0.2) is 5.56 Å². The van der Waals surface area contributed by atoms with Gasteiger partial charge in [-0.2, -0.15) is 0 Å². The number of methoxy groups -OCH3 is 1. The smallest absolute Gasteiger partial charge is 0.305 e. The topological polar surface area (TPSA) is 119 Å². The standard InChI is InChI=1S/C13H16N2O6/c1-3-8(7-11(16)17)14-13(18)12-9(15(19)20)5-4-6-10(12)21-2/h4-6,8H,3,7H2,1-2H3,(H,14,18)(H,16,17). The van der Waals surface area contributed by atoms with E-state index in [-0.39, 0.29) is 17.7 Å². The molecule has 0 bridgehead atoms. The highest BCUT2D eigenvalue weighted by atomic mass is 16.6. The first-order valence-corrected chi connectivity index (χ1v) is 6.24. The highest BCUT2D eigenvalue weighted by Crippen LogP contribution is 2.28. The fourth-order valence-corrected chi connectivity index (χ4v) is 1.84. The number of benzene rings is 1. The van der Waals surface area contributed by atoms with Crippen LogP contribution >= 0.6 is 0 Å². The van der Waals surface area contributed by atoms with Gasteiger partial charge in [0, 0.05) is 12.1 Å². The number of carbonyl (C=O) groups is 2. The first kappa shape index (κ1) is 16.4. The highest BCUT2D eigenvalue weighted by Gasteiger charge is 2.26. The minimum atomic E-state index is -1.06. The lowest BCUT2D eigenvalue weighted by Crippen LogP contribution is -2.36. The van der Waals surface area contributed by atoms with Gasteiger partial charge in [-0.1, -0.05) is 13.0 Å². The van der Waals surface area contributed by atoms with Gasteiger partial charge in [-0.25, -0.2) is 0 Å². The van der Waals surface area contributed by atoms with Crippen LogP contribution in [0.5, 0.6) is 5.75 Å². The van der Waals surface area contributed by atoms with Crippen LogP contribution in [0.1, 0.15) is 30.1 Å². The molecule has 1 unspecified atom stereocenters. The van der Waals surface area contributed by atoms with Crippen LogP contribution < -0.4 is 10.1 Å². The van der Waals surface area contributed by atoms with Gasteiger partial charge in [0.2, 0.25) is 0 Å². The number of aliphatic carboxylic acids is 1. The zero-order valence-corrected chi connectivity index (χ0v) is 11.7. The maximum atomic E-state index is 12.2. The molecule has 0 spiro atoms. The lowest BCUT2D eigenvalue weighted by atomic mass is 10.1. The molecule has 8 heteroatoms. The molecule has 0 saturated heterocycles. The van der Waals surface area contributed by atoms with Gasteiger partial charge in [0.1, 0.15) is 5.75 Å². The van der Waals surface area contributed by atoms with Crippen molar-refractivity contribution >= 4 is 17.6 Å². The van der Waals surface area contributed by atoms with Crippen LogP contribution in [-0.2, 0) is 4.79 Å². The fourth-order valence-electron chi connectivity index (χ4n) is 1.84. The van der Waals surface area contributed by atoms with E-state index in [1.165, 1.54) is 25.3 Å². The second kappa shape index (κ2) is 7.22. The third-order valence-corrected chi connectivity index (χ3v) is 2.90. The Morgan fingerprint density at radius 1 is 1.48 bits per heavy atom. The third kappa shape index (κ3) is 4.16. The number of carbonyl (C=O) groups excluding carboxylic acids is 1. The van der Waals surface area contributed by atoms with Crippen LogP contribution in [0.4, 0.5) is 5.69 Å². The van der Waals surface area contributed by atoms with E-state index in [0.29, 0.717) is 6.42 Å². The Morgan fingerprint density at radius 2 is 2.14 bits per heavy atom. The molecule has 0 aliphatic carbocycles. The SMILES string of the molecule is CCC(CC(=O)O)NC(=O)c1c(OC)cccc1[N+](=O)[O-]. The second-order valence-electron chi connectivity index (χ2n) is 4.29. The summed E-state index contributed by atoms with van der Waals surface area (Å²) in [6.07, 6.45) is 0.131. The lowest BCUT2D eigenvalue weighted by molar-refractivity contribution is -0.385. The molecular weight excluding hydrogens is 280 g/mol. The molecule has 8 nitrogen and oxygen atoms in total. The Morgan fingerprint density at radius 3 is 2.62 bits per heavy atom. The number of ether oxygens (including phenoxy) is 1. The van der Waals surface area contributed by atoms with Crippen LogP contribution in [0, 0.1) is 10.1 Å². The number of hydrogen-bond acceptors (Lipinski definition) is 5. The van der Waals surface area contributed by atoms with Gasteiger partial charge < -0.3 is 15.2 Å². The summed E-state index contributed by atoms with van der Waals surface area (Å²) in [6, 6.07) is 3.41. The van der Waals surface area contributed by atoms with Crippen LogP contribution in [0.3, 0.4) is 0 Å². The normalized spacial score (nSPS) is 11.5. The van der Waals surface area contributed by atoms with Crippen molar-refractivity contribution in [2.45, 2.75) is 25.8 Å². The maximum absolute atomic E-state index is 12.2. The van der Waals surface area contributed by atoms with Crippen molar-refractivity contribution in [3.63, 3.8) is 0 Å². The molecule has 0 heterocycles. The van der Waals surface area contributed by atoms with Gasteiger partial charge in [-0.3, -0.25) is 19.7 Å². The molecule has 1 atom stereocenters. The molecule has 2 N–H and O–H groups in total. The van der Waals surface area contributed by atoms with Crippen molar-refractivity contribution in [3.05, 3.63) is 33.9 Å². The Balaban J connectivity index is 3.10. The van der Waals surface area contributed by atoms with Crippen LogP contribution in [0.25, 0.3) is 0 Å². The maximum Gasteiger partial charge on any atom is 0.305 e. The minimum Gasteiger partial charge on any atom is -0.496 e. The molecule has 0 radical (unpaired) electrons. The Bertz CT molecular complexity index is 558. The van der Waals surface area contributed by atoms with Gasteiger partial charge in [0.25, 0.3) is 11.6 Å². The third-order valence-electron chi connectivity index (χ3n) is 2.90. The molecule has 1 aromatic rings. The molecule has 0 aliphatic heterocycles. The van der Waals surface area contributed by atoms with Crippen molar-refractivity contribution in [2.75, 3.05) is 7.11 Å². The number of carboxylic acids is 1. The van der Waals surface area contributed by atoms with E-state index in [9.17, 15) is 19.7 Å². The van der Waals surface area contributed by atoms with Gasteiger partial charge in [-0.05, 0) is 12.5 Å². The lowest BCUT2D eigenvalue weighted by Gasteiger charge is -2.16. The molecule has 1 rings (SSSR count). The van der Waals surface area contributed by atoms with Crippen molar-refractivity contribution in [1.29, 1.82) is 0 Å². The van der Waals surface area contributed by atoms with Crippen molar-refractivity contribution < 1.29 is 24.4 Å². The first-order valence-electron chi connectivity index (χ1n) is 6.24. The predicted molar refractivity (Wildman–Crippen MR) is 73.4 cm³/mol. The number of rotatable bonds is 7. The van der Waals surface area contributed by atoms with Crippen molar-refractivity contribution in [1.82, 2.24) is 5.32 Å². The zero-order valence-electron chi connectivity index (χ0n) is 11.7. The number of nitrogens with zero attached hydrogens (tertiary/aromatic N) is 1. The second-order valence-corrected chi connectivity index (χ2v) is 4.29. The number of nitrogens with one attached hydrogen (secondary N) is 1. The van der Waals surface area contributed by atoms with Crippen LogP contribution in [0.15, 0.2) is 18.2 Å². The zero-order chi connectivity index (χ0) is 16.0. The predicted octanol–water partition coefficient (Wildman–Crippen LogP) is 1.59. The average Bonchev–Trinajstić information content (AvgIpc) is 2.44. The summed E-state index contributed by atoms with van der Waals surface area (Å²) < 4.78 is 4.97. The molecule has 114 valence electrons. The summed E-state index contributed by atoms with van der Waals surface area (Å²) in [4.78, 5) is 33.2. The van der Waals surface area contributed by atoms with E-state index >= 15 is 0 Å². The highest BCUT2D eigenvalue weighted by molar-refractivity contribution is 6.01. The quantitative estimate of drug-likeness (QED) is 0.582. The number of nitro benzene ring substituents is 1. The number of hydrogen-bond donors (Lipinski definition) is 2. The van der Waals surface area contributed by atoms with Gasteiger partial charge in [0.05, 0.1) is 18.5 Å². The van der Waals surface area contributed by atoms with Crippen LogP contribution in [-0.4, -0.2) is 35.1 Å². The van der Waals surface area contributed by atoms with E-state index in [1.807, 2.05) is 0 Å². The van der Waals surface area contributed by atoms with Crippen molar-refractivity contribution in [2.24, 2.45) is 0 Å². The summed E-state index contributed by atoms with van der Waals surface area (Å²) in [5.41, 5.74) is -0.606. The van der Waals surface area contributed by atoms with E-state index < -0.39 is 28.5 Å². The Hall–Kier alpha value is -2.64. The molecule has 1 amide bonds. The van der Waals surface area contributed by atoms with E-state index in [0.717, 1.165) is 0 Å². The summed E-state index contributed by atoms with van der Waals surface area (Å²) in [5.74, 6) is -1.73.